The molecule has 0 radical (unpaired) electrons. The number of nitrogens with zero attached hydrogens (tertiary/aromatic N) is 2. The fourth-order valence-corrected chi connectivity index (χ4v) is 6.34. The van der Waals surface area contributed by atoms with Crippen LogP contribution in [0.5, 0.6) is 0 Å². The summed E-state index contributed by atoms with van der Waals surface area (Å²) in [6.45, 7) is 4.45. The van der Waals surface area contributed by atoms with Crippen LogP contribution in [0.25, 0.3) is 0 Å². The van der Waals surface area contributed by atoms with Gasteiger partial charge in [-0.2, -0.15) is 0 Å². The van der Waals surface area contributed by atoms with E-state index in [1.807, 2.05) is 18.2 Å². The van der Waals surface area contributed by atoms with Gasteiger partial charge in [0, 0.05) is 42.6 Å². The van der Waals surface area contributed by atoms with Crippen LogP contribution in [-0.2, 0) is 24.1 Å². The van der Waals surface area contributed by atoms with Crippen LogP contribution in [0.2, 0.25) is 5.02 Å². The highest BCUT2D eigenvalue weighted by Crippen LogP contribution is 2.37. The third kappa shape index (κ3) is 5.63. The number of nitrogens with one attached hydrogen (secondary N) is 1. The van der Waals surface area contributed by atoms with Gasteiger partial charge in [0.25, 0.3) is 0 Å². The molecule has 0 atom stereocenters. The number of anilines is 1. The summed E-state index contributed by atoms with van der Waals surface area (Å²) in [5.74, 6) is -0.264. The van der Waals surface area contributed by atoms with Crippen molar-refractivity contribution in [2.24, 2.45) is 0 Å². The van der Waals surface area contributed by atoms with Crippen molar-refractivity contribution in [1.82, 2.24) is 9.80 Å². The molecule has 5 nitrogen and oxygen atoms in total. The predicted molar refractivity (Wildman–Crippen MR) is 136 cm³/mol. The van der Waals surface area contributed by atoms with E-state index in [2.05, 4.69) is 21.2 Å². The van der Waals surface area contributed by atoms with Crippen molar-refractivity contribution in [3.8, 4) is 0 Å². The van der Waals surface area contributed by atoms with Crippen molar-refractivity contribution in [2.75, 3.05) is 38.6 Å². The van der Waals surface area contributed by atoms with Crippen molar-refractivity contribution in [3.63, 3.8) is 0 Å². The van der Waals surface area contributed by atoms with Crippen LogP contribution in [-0.4, -0.2) is 54.2 Å². The zero-order chi connectivity index (χ0) is 22.5. The van der Waals surface area contributed by atoms with E-state index in [1.165, 1.54) is 36.8 Å². The Morgan fingerprint density at radius 1 is 1.16 bits per heavy atom. The number of ether oxygens (including phenoxy) is 1. The van der Waals surface area contributed by atoms with E-state index in [0.29, 0.717) is 10.7 Å². The van der Waals surface area contributed by atoms with Crippen LogP contribution < -0.4 is 5.32 Å². The van der Waals surface area contributed by atoms with Gasteiger partial charge in [0.2, 0.25) is 0 Å². The molecule has 32 heavy (non-hydrogen) atoms. The van der Waals surface area contributed by atoms with Crippen LogP contribution in [0, 0.1) is 0 Å². The van der Waals surface area contributed by atoms with Crippen LogP contribution >= 0.6 is 35.2 Å². The highest BCUT2D eigenvalue weighted by atomic mass is 35.5. The molecule has 1 aliphatic carbocycles. The van der Waals surface area contributed by atoms with Gasteiger partial charge in [-0.3, -0.25) is 4.90 Å². The molecule has 1 aromatic carbocycles. The molecule has 0 spiro atoms. The Balaban J connectivity index is 1.40. The minimum absolute atomic E-state index is 0.264. The van der Waals surface area contributed by atoms with Gasteiger partial charge in [-0.25, -0.2) is 4.79 Å². The van der Waals surface area contributed by atoms with Gasteiger partial charge < -0.3 is 15.0 Å². The first-order valence-corrected chi connectivity index (χ1v) is 12.9. The SMILES string of the molecule is COC(=O)c1c(NC(=S)N2CCN(Cc3cccc(Cl)c3)CC2)sc2c1CCCCCC2. The normalized spacial score (nSPS) is 17.2. The van der Waals surface area contributed by atoms with Gasteiger partial charge in [0.15, 0.2) is 5.11 Å². The third-order valence-electron chi connectivity index (χ3n) is 6.24. The minimum atomic E-state index is -0.264. The number of methoxy groups -OCH3 is 1. The molecular formula is C24H30ClN3O2S2. The van der Waals surface area contributed by atoms with E-state index in [9.17, 15) is 4.79 Å². The number of carbonyl (C=O) groups is 1. The lowest BCUT2D eigenvalue weighted by Crippen LogP contribution is -2.49. The van der Waals surface area contributed by atoms with E-state index < -0.39 is 0 Å². The van der Waals surface area contributed by atoms with E-state index in [-0.39, 0.29) is 5.97 Å². The lowest BCUT2D eigenvalue weighted by Gasteiger charge is -2.36. The molecule has 1 fully saturated rings. The zero-order valence-corrected chi connectivity index (χ0v) is 20.9. The van der Waals surface area contributed by atoms with Crippen molar-refractivity contribution in [2.45, 2.75) is 45.1 Å². The monoisotopic (exact) mass is 491 g/mol. The minimum Gasteiger partial charge on any atom is -0.465 e. The molecule has 2 heterocycles. The largest absolute Gasteiger partial charge is 0.465 e. The van der Waals surface area contributed by atoms with Crippen LogP contribution in [0.3, 0.4) is 0 Å². The number of hydrogen-bond acceptors (Lipinski definition) is 5. The van der Waals surface area contributed by atoms with Gasteiger partial charge >= 0.3 is 5.97 Å². The summed E-state index contributed by atoms with van der Waals surface area (Å²) < 4.78 is 5.13. The zero-order valence-electron chi connectivity index (χ0n) is 18.5. The fraction of sp³-hybridized carbons (Fsp3) is 0.500. The molecular weight excluding hydrogens is 462 g/mol. The van der Waals surface area contributed by atoms with Crippen molar-refractivity contribution < 1.29 is 9.53 Å². The lowest BCUT2D eigenvalue weighted by molar-refractivity contribution is 0.0601. The second kappa shape index (κ2) is 11.0. The maximum atomic E-state index is 12.6. The summed E-state index contributed by atoms with van der Waals surface area (Å²) in [6.07, 6.45) is 6.73. The second-order valence-electron chi connectivity index (χ2n) is 8.44. The highest BCUT2D eigenvalue weighted by molar-refractivity contribution is 7.80. The average Bonchev–Trinajstić information content (AvgIpc) is 3.09. The molecule has 0 amide bonds. The standard InChI is InChI=1S/C24H30ClN3O2S2/c1-30-23(29)21-19-9-4-2-3-5-10-20(19)32-22(21)26-24(31)28-13-11-27(12-14-28)16-17-7-6-8-18(25)15-17/h6-8,15H,2-5,9-14,16H2,1H3,(H,26,31). The number of halogens is 1. The number of piperazine rings is 1. The maximum absolute atomic E-state index is 12.6. The first-order chi connectivity index (χ1) is 15.5. The quantitative estimate of drug-likeness (QED) is 0.458. The van der Waals surface area contributed by atoms with Gasteiger partial charge in [-0.1, -0.05) is 36.6 Å². The lowest BCUT2D eigenvalue weighted by atomic mass is 9.96. The molecule has 1 aliphatic heterocycles. The number of hydrogen-bond donors (Lipinski definition) is 1. The van der Waals surface area contributed by atoms with Crippen LogP contribution in [0.1, 0.15) is 52.0 Å². The molecule has 0 unspecified atom stereocenters. The molecule has 2 aliphatic rings. The fourth-order valence-electron chi connectivity index (χ4n) is 4.50. The van der Waals surface area contributed by atoms with Crippen molar-refractivity contribution in [3.05, 3.63) is 50.9 Å². The summed E-state index contributed by atoms with van der Waals surface area (Å²) >= 11 is 13.5. The first kappa shape index (κ1) is 23.5. The summed E-state index contributed by atoms with van der Waals surface area (Å²) in [5.41, 5.74) is 3.08. The van der Waals surface area contributed by atoms with Crippen molar-refractivity contribution >= 4 is 51.2 Å². The molecule has 2 aromatic rings. The number of thiophene rings is 1. The third-order valence-corrected chi connectivity index (χ3v) is 8.04. The van der Waals surface area contributed by atoms with Gasteiger partial charge in [0.05, 0.1) is 12.7 Å². The maximum Gasteiger partial charge on any atom is 0.341 e. The Morgan fingerprint density at radius 3 is 2.62 bits per heavy atom. The Morgan fingerprint density at radius 2 is 1.91 bits per heavy atom. The van der Waals surface area contributed by atoms with E-state index in [1.54, 1.807) is 11.3 Å². The van der Waals surface area contributed by atoms with E-state index in [4.69, 9.17) is 28.6 Å². The van der Waals surface area contributed by atoms with Crippen LogP contribution in [0.15, 0.2) is 24.3 Å². The van der Waals surface area contributed by atoms with Gasteiger partial charge in [0.1, 0.15) is 5.00 Å². The Hall–Kier alpha value is -1.67. The van der Waals surface area contributed by atoms with Gasteiger partial charge in [-0.15, -0.1) is 11.3 Å². The Kier molecular flexibility index (Phi) is 8.05. The molecule has 1 N–H and O–H groups in total. The second-order valence-corrected chi connectivity index (χ2v) is 10.4. The molecule has 172 valence electrons. The molecule has 0 saturated carbocycles. The van der Waals surface area contributed by atoms with E-state index >= 15 is 0 Å². The first-order valence-electron chi connectivity index (χ1n) is 11.3. The number of aryl methyl sites for hydroxylation is 1. The summed E-state index contributed by atoms with van der Waals surface area (Å²) in [4.78, 5) is 18.6. The Bertz CT molecular complexity index is 970. The summed E-state index contributed by atoms with van der Waals surface area (Å²) in [7, 11) is 1.45. The number of carbonyl (C=O) groups excluding carboxylic acids is 1. The molecule has 0 bridgehead atoms. The molecule has 1 saturated heterocycles. The summed E-state index contributed by atoms with van der Waals surface area (Å²) in [5, 5.41) is 5.71. The smallest absolute Gasteiger partial charge is 0.341 e. The van der Waals surface area contributed by atoms with E-state index in [0.717, 1.165) is 67.6 Å². The number of esters is 1. The number of thiocarbonyl (C=S) groups is 1. The van der Waals surface area contributed by atoms with Crippen molar-refractivity contribution in [1.29, 1.82) is 0 Å². The molecule has 8 heteroatoms. The van der Waals surface area contributed by atoms with Gasteiger partial charge in [-0.05, 0) is 61.2 Å². The predicted octanol–water partition coefficient (Wildman–Crippen LogP) is 5.36. The average molecular weight is 492 g/mol. The molecule has 4 rings (SSSR count). The highest BCUT2D eigenvalue weighted by Gasteiger charge is 2.27. The number of fused-ring (bicyclic) bond motifs is 1. The number of rotatable bonds is 4. The Labute approximate surface area is 204 Å². The summed E-state index contributed by atoms with van der Waals surface area (Å²) in [6, 6.07) is 8.04. The number of benzene rings is 1. The van der Waals surface area contributed by atoms with Crippen LogP contribution in [0.4, 0.5) is 5.00 Å². The molecule has 1 aromatic heterocycles. The topological polar surface area (TPSA) is 44.8 Å².